The van der Waals surface area contributed by atoms with Crippen LogP contribution in [-0.4, -0.2) is 33.4 Å². The average Bonchev–Trinajstić information content (AvgIpc) is 2.80. The smallest absolute Gasteiger partial charge is 0.224 e. The number of fused-ring (bicyclic) bond motifs is 1. The van der Waals surface area contributed by atoms with Crippen molar-refractivity contribution >= 4 is 51.7 Å². The van der Waals surface area contributed by atoms with Crippen LogP contribution in [0.5, 0.6) is 0 Å². The van der Waals surface area contributed by atoms with Gasteiger partial charge in [-0.15, -0.1) is 0 Å². The van der Waals surface area contributed by atoms with E-state index in [0.717, 1.165) is 37.0 Å². The van der Waals surface area contributed by atoms with Crippen LogP contribution in [0.3, 0.4) is 0 Å². The molecule has 6 heteroatoms. The van der Waals surface area contributed by atoms with Gasteiger partial charge in [0.1, 0.15) is 0 Å². The number of carbonyl (C=O) groups excluding carboxylic acids is 1. The number of carbonyl (C=O) groups is 1. The van der Waals surface area contributed by atoms with Gasteiger partial charge in [0.15, 0.2) is 4.77 Å². The molecule has 2 aromatic rings. The van der Waals surface area contributed by atoms with Crippen molar-refractivity contribution in [2.24, 2.45) is 0 Å². The van der Waals surface area contributed by atoms with Gasteiger partial charge in [-0.05, 0) is 72.3 Å². The van der Waals surface area contributed by atoms with Gasteiger partial charge in [0.05, 0.1) is 11.0 Å². The maximum absolute atomic E-state index is 12.3. The van der Waals surface area contributed by atoms with Crippen LogP contribution in [-0.2, 0) is 11.3 Å². The van der Waals surface area contributed by atoms with Crippen molar-refractivity contribution < 1.29 is 4.79 Å². The van der Waals surface area contributed by atoms with Gasteiger partial charge < -0.3 is 14.5 Å². The predicted octanol–water partition coefficient (Wildman–Crippen LogP) is 3.71. The minimum absolute atomic E-state index is 0.247. The fraction of sp³-hybridized carbons (Fsp3) is 0.467. The van der Waals surface area contributed by atoms with E-state index in [1.807, 2.05) is 9.47 Å². The molecule has 1 amide bonds. The Morgan fingerprint density at radius 2 is 2.05 bits per heavy atom. The highest BCUT2D eigenvalue weighted by Crippen LogP contribution is 2.18. The minimum atomic E-state index is 0.247. The number of rotatable bonds is 3. The number of likely N-dealkylation sites (tertiary alicyclic amines) is 1. The number of H-pyrrole nitrogens is 1. The highest BCUT2D eigenvalue weighted by Gasteiger charge is 2.16. The van der Waals surface area contributed by atoms with Crippen molar-refractivity contribution in [3.63, 3.8) is 0 Å². The number of imidazole rings is 1. The summed E-state index contributed by atoms with van der Waals surface area (Å²) >= 11 is 7.67. The first-order valence-electron chi connectivity index (χ1n) is 7.31. The topological polar surface area (TPSA) is 41.0 Å². The van der Waals surface area contributed by atoms with E-state index in [4.69, 9.17) is 12.2 Å². The number of nitrogens with one attached hydrogen (secondary N) is 1. The lowest BCUT2D eigenvalue weighted by Crippen LogP contribution is -2.36. The second kappa shape index (κ2) is 6.48. The summed E-state index contributed by atoms with van der Waals surface area (Å²) < 4.78 is 3.90. The molecule has 3 rings (SSSR count). The molecule has 0 atom stereocenters. The first-order chi connectivity index (χ1) is 10.1. The zero-order valence-corrected chi connectivity index (χ0v) is 14.7. The first kappa shape index (κ1) is 15.0. The van der Waals surface area contributed by atoms with Gasteiger partial charge in [-0.2, -0.15) is 0 Å². The van der Waals surface area contributed by atoms with Crippen molar-refractivity contribution in [3.05, 3.63) is 26.5 Å². The Hall–Kier alpha value is -0.890. The molecule has 1 fully saturated rings. The monoisotopic (exact) mass is 415 g/mol. The molecule has 0 bridgehead atoms. The Morgan fingerprint density at radius 1 is 1.29 bits per heavy atom. The van der Waals surface area contributed by atoms with Crippen molar-refractivity contribution in [2.75, 3.05) is 13.1 Å². The van der Waals surface area contributed by atoms with Crippen molar-refractivity contribution in [1.29, 1.82) is 0 Å². The standard InChI is InChI=1S/C15H18IN3OS/c16-11-4-5-13-12(10-11)17-15(21)19(13)9-6-14(20)18-7-2-1-3-8-18/h4-5,10H,1-3,6-9H2,(H,17,21). The molecule has 1 N–H and O–H groups in total. The molecule has 1 saturated heterocycles. The van der Waals surface area contributed by atoms with Crippen LogP contribution in [0.25, 0.3) is 11.0 Å². The van der Waals surface area contributed by atoms with E-state index in [1.165, 1.54) is 9.99 Å². The Labute approximate surface area is 142 Å². The van der Waals surface area contributed by atoms with E-state index < -0.39 is 0 Å². The summed E-state index contributed by atoms with van der Waals surface area (Å²) in [5.74, 6) is 0.247. The van der Waals surface area contributed by atoms with E-state index in [-0.39, 0.29) is 5.91 Å². The minimum Gasteiger partial charge on any atom is -0.343 e. The number of amides is 1. The van der Waals surface area contributed by atoms with Gasteiger partial charge in [-0.25, -0.2) is 0 Å². The molecule has 2 heterocycles. The van der Waals surface area contributed by atoms with Crippen LogP contribution in [0.1, 0.15) is 25.7 Å². The fourth-order valence-corrected chi connectivity index (χ4v) is 3.66. The lowest BCUT2D eigenvalue weighted by molar-refractivity contribution is -0.132. The number of halogens is 1. The lowest BCUT2D eigenvalue weighted by Gasteiger charge is -2.26. The quantitative estimate of drug-likeness (QED) is 0.614. The van der Waals surface area contributed by atoms with Crippen LogP contribution in [0.2, 0.25) is 0 Å². The summed E-state index contributed by atoms with van der Waals surface area (Å²) in [7, 11) is 0. The number of aryl methyl sites for hydroxylation is 1. The number of hydrogen-bond donors (Lipinski definition) is 1. The number of piperidine rings is 1. The highest BCUT2D eigenvalue weighted by molar-refractivity contribution is 14.1. The summed E-state index contributed by atoms with van der Waals surface area (Å²) in [5.41, 5.74) is 2.11. The normalized spacial score (nSPS) is 15.6. The molecule has 0 spiro atoms. The SMILES string of the molecule is O=C(CCn1c(=S)[nH]c2cc(I)ccc21)N1CCCCC1. The number of benzene rings is 1. The largest absolute Gasteiger partial charge is 0.343 e. The number of aromatic amines is 1. The zero-order chi connectivity index (χ0) is 14.8. The Balaban J connectivity index is 1.74. The van der Waals surface area contributed by atoms with Gasteiger partial charge in [0, 0.05) is 29.6 Å². The molecule has 0 unspecified atom stereocenters. The molecule has 0 aliphatic carbocycles. The average molecular weight is 415 g/mol. The molecule has 0 saturated carbocycles. The Bertz CT molecular complexity index is 715. The summed E-state index contributed by atoms with van der Waals surface area (Å²) in [6.07, 6.45) is 4.04. The molecule has 1 aliphatic heterocycles. The van der Waals surface area contributed by atoms with E-state index in [2.05, 4.69) is 45.8 Å². The molecule has 0 radical (unpaired) electrons. The van der Waals surface area contributed by atoms with E-state index in [9.17, 15) is 4.79 Å². The van der Waals surface area contributed by atoms with Gasteiger partial charge in [-0.3, -0.25) is 4.79 Å². The van der Waals surface area contributed by atoms with Crippen LogP contribution in [0.15, 0.2) is 18.2 Å². The molecule has 112 valence electrons. The fourth-order valence-electron chi connectivity index (χ4n) is 2.87. The molecule has 1 aromatic heterocycles. The van der Waals surface area contributed by atoms with Crippen LogP contribution in [0, 0.1) is 8.34 Å². The van der Waals surface area contributed by atoms with Gasteiger partial charge in [0.2, 0.25) is 5.91 Å². The number of nitrogens with zero attached hydrogens (tertiary/aromatic N) is 2. The maximum Gasteiger partial charge on any atom is 0.224 e. The lowest BCUT2D eigenvalue weighted by atomic mass is 10.1. The summed E-state index contributed by atoms with van der Waals surface area (Å²) in [6.45, 7) is 2.47. The van der Waals surface area contributed by atoms with Crippen LogP contribution < -0.4 is 0 Å². The second-order valence-corrected chi connectivity index (χ2v) is 7.07. The van der Waals surface area contributed by atoms with Crippen LogP contribution >= 0.6 is 34.8 Å². The van der Waals surface area contributed by atoms with E-state index in [1.54, 1.807) is 0 Å². The summed E-state index contributed by atoms with van der Waals surface area (Å²) in [5, 5.41) is 0. The van der Waals surface area contributed by atoms with Crippen LogP contribution in [0.4, 0.5) is 0 Å². The molecule has 1 aromatic carbocycles. The van der Waals surface area contributed by atoms with Crippen molar-refractivity contribution in [2.45, 2.75) is 32.2 Å². The molecule has 21 heavy (non-hydrogen) atoms. The summed E-state index contributed by atoms with van der Waals surface area (Å²) in [4.78, 5) is 17.5. The van der Waals surface area contributed by atoms with Gasteiger partial charge >= 0.3 is 0 Å². The van der Waals surface area contributed by atoms with Gasteiger partial charge in [0.25, 0.3) is 0 Å². The molecule has 1 aliphatic rings. The predicted molar refractivity (Wildman–Crippen MR) is 94.9 cm³/mol. The van der Waals surface area contributed by atoms with Crippen molar-refractivity contribution in [1.82, 2.24) is 14.5 Å². The third-order valence-corrected chi connectivity index (χ3v) is 4.99. The molecular formula is C15H18IN3OS. The zero-order valence-electron chi connectivity index (χ0n) is 11.8. The van der Waals surface area contributed by atoms with E-state index >= 15 is 0 Å². The second-order valence-electron chi connectivity index (χ2n) is 5.43. The molecule has 4 nitrogen and oxygen atoms in total. The van der Waals surface area contributed by atoms with E-state index in [0.29, 0.717) is 17.7 Å². The Kier molecular flexibility index (Phi) is 4.63. The first-order valence-corrected chi connectivity index (χ1v) is 8.80. The van der Waals surface area contributed by atoms with Crippen molar-refractivity contribution in [3.8, 4) is 0 Å². The Morgan fingerprint density at radius 3 is 2.81 bits per heavy atom. The highest BCUT2D eigenvalue weighted by atomic mass is 127. The third kappa shape index (κ3) is 3.31. The third-order valence-electron chi connectivity index (χ3n) is 3.99. The van der Waals surface area contributed by atoms with Gasteiger partial charge in [-0.1, -0.05) is 0 Å². The number of aromatic nitrogens is 2. The molecular weight excluding hydrogens is 397 g/mol. The summed E-state index contributed by atoms with van der Waals surface area (Å²) in [6, 6.07) is 6.21. The maximum atomic E-state index is 12.3. The number of hydrogen-bond acceptors (Lipinski definition) is 2.